The Kier molecular flexibility index (Phi) is 3.45. The molecule has 1 aliphatic heterocycles. The molecule has 3 rings (SSSR count). The summed E-state index contributed by atoms with van der Waals surface area (Å²) in [6.07, 6.45) is 4.71. The molecule has 2 heterocycles. The maximum absolute atomic E-state index is 9.80. The molecule has 0 bridgehead atoms. The lowest BCUT2D eigenvalue weighted by Gasteiger charge is -2.16. The number of rotatable bonds is 2. The summed E-state index contributed by atoms with van der Waals surface area (Å²) in [6.45, 7) is 1.84. The van der Waals surface area contributed by atoms with E-state index in [-0.39, 0.29) is 17.4 Å². The maximum atomic E-state index is 9.80. The lowest BCUT2D eigenvalue weighted by atomic mass is 10.2. The van der Waals surface area contributed by atoms with Crippen LogP contribution in [0, 0.1) is 0 Å². The number of hydrogen-bond acceptors (Lipinski definition) is 6. The number of hydrogen-bond donors (Lipinski definition) is 2. The molecule has 106 valence electrons. The molecule has 0 amide bonds. The summed E-state index contributed by atoms with van der Waals surface area (Å²) >= 11 is 0. The molecule has 0 aliphatic carbocycles. The summed E-state index contributed by atoms with van der Waals surface area (Å²) in [4.78, 5) is 6.42. The van der Waals surface area contributed by atoms with E-state index < -0.39 is 0 Å². The van der Waals surface area contributed by atoms with Gasteiger partial charge in [0.25, 0.3) is 11.8 Å². The van der Waals surface area contributed by atoms with Gasteiger partial charge >= 0.3 is 0 Å². The zero-order chi connectivity index (χ0) is 13.9. The zero-order valence-corrected chi connectivity index (χ0v) is 11.1. The maximum Gasteiger partial charge on any atom is 0.266 e. The van der Waals surface area contributed by atoms with Crippen LogP contribution in [0.3, 0.4) is 0 Å². The second-order valence-corrected chi connectivity index (χ2v) is 5.00. The van der Waals surface area contributed by atoms with Crippen LogP contribution >= 0.6 is 0 Å². The third kappa shape index (κ3) is 2.54. The first-order valence-electron chi connectivity index (χ1n) is 6.85. The molecular formula is C14H17N3O3. The molecule has 1 saturated heterocycles. The SMILES string of the molecule is Oc1ccc(O)c(-c2nc(N3CCCCCC3)no2)c1. The van der Waals surface area contributed by atoms with E-state index in [1.165, 1.54) is 31.0 Å². The average Bonchev–Trinajstić information content (AvgIpc) is 2.77. The number of phenols is 2. The van der Waals surface area contributed by atoms with E-state index in [4.69, 9.17) is 4.52 Å². The van der Waals surface area contributed by atoms with Gasteiger partial charge < -0.3 is 19.6 Å². The minimum atomic E-state index is 0.00821. The molecule has 2 aromatic rings. The quantitative estimate of drug-likeness (QED) is 0.819. The van der Waals surface area contributed by atoms with Gasteiger partial charge in [-0.25, -0.2) is 0 Å². The second-order valence-electron chi connectivity index (χ2n) is 5.00. The van der Waals surface area contributed by atoms with Crippen molar-refractivity contribution in [3.63, 3.8) is 0 Å². The Morgan fingerprint density at radius 1 is 1.05 bits per heavy atom. The number of aromatic nitrogens is 2. The van der Waals surface area contributed by atoms with E-state index in [0.717, 1.165) is 25.9 Å². The van der Waals surface area contributed by atoms with Gasteiger partial charge in [-0.1, -0.05) is 12.8 Å². The first-order valence-corrected chi connectivity index (χ1v) is 6.85. The minimum absolute atomic E-state index is 0.00821. The van der Waals surface area contributed by atoms with E-state index >= 15 is 0 Å². The minimum Gasteiger partial charge on any atom is -0.508 e. The van der Waals surface area contributed by atoms with Crippen LogP contribution in [-0.2, 0) is 0 Å². The number of anilines is 1. The summed E-state index contributed by atoms with van der Waals surface area (Å²) in [7, 11) is 0. The van der Waals surface area contributed by atoms with Crippen LogP contribution in [0.4, 0.5) is 5.95 Å². The van der Waals surface area contributed by atoms with Crippen molar-refractivity contribution >= 4 is 5.95 Å². The van der Waals surface area contributed by atoms with E-state index in [2.05, 4.69) is 15.0 Å². The zero-order valence-electron chi connectivity index (χ0n) is 11.1. The summed E-state index contributed by atoms with van der Waals surface area (Å²) in [5.41, 5.74) is 0.346. The highest BCUT2D eigenvalue weighted by molar-refractivity contribution is 5.65. The summed E-state index contributed by atoms with van der Waals surface area (Å²) in [5, 5.41) is 23.3. The molecule has 20 heavy (non-hydrogen) atoms. The van der Waals surface area contributed by atoms with Gasteiger partial charge in [0.05, 0.1) is 5.56 Å². The van der Waals surface area contributed by atoms with Gasteiger partial charge in [-0.2, -0.15) is 4.98 Å². The van der Waals surface area contributed by atoms with Crippen molar-refractivity contribution in [3.8, 4) is 23.0 Å². The van der Waals surface area contributed by atoms with Crippen molar-refractivity contribution in [2.75, 3.05) is 18.0 Å². The summed E-state index contributed by atoms with van der Waals surface area (Å²) < 4.78 is 5.21. The number of benzene rings is 1. The highest BCUT2D eigenvalue weighted by Gasteiger charge is 2.18. The smallest absolute Gasteiger partial charge is 0.266 e. The lowest BCUT2D eigenvalue weighted by Crippen LogP contribution is -2.24. The van der Waals surface area contributed by atoms with E-state index in [0.29, 0.717) is 11.5 Å². The Labute approximate surface area is 116 Å². The molecule has 1 aliphatic rings. The van der Waals surface area contributed by atoms with Gasteiger partial charge in [-0.05, 0) is 36.2 Å². The molecule has 2 N–H and O–H groups in total. The topological polar surface area (TPSA) is 82.6 Å². The first kappa shape index (κ1) is 12.8. The fourth-order valence-corrected chi connectivity index (χ4v) is 2.42. The van der Waals surface area contributed by atoms with Crippen LogP contribution in [0.5, 0.6) is 11.5 Å². The van der Waals surface area contributed by atoms with Crippen LogP contribution in [0.25, 0.3) is 11.5 Å². The second kappa shape index (κ2) is 5.40. The molecular weight excluding hydrogens is 258 g/mol. The molecule has 0 atom stereocenters. The van der Waals surface area contributed by atoms with Gasteiger partial charge in [0.1, 0.15) is 11.5 Å². The van der Waals surface area contributed by atoms with Gasteiger partial charge in [-0.15, -0.1) is 0 Å². The van der Waals surface area contributed by atoms with E-state index in [1.807, 2.05) is 0 Å². The summed E-state index contributed by atoms with van der Waals surface area (Å²) in [5.74, 6) is 0.823. The van der Waals surface area contributed by atoms with Crippen molar-refractivity contribution in [3.05, 3.63) is 18.2 Å². The number of phenolic OH excluding ortho intramolecular Hbond substituents is 2. The highest BCUT2D eigenvalue weighted by Crippen LogP contribution is 2.32. The third-order valence-corrected chi connectivity index (χ3v) is 3.51. The molecule has 0 unspecified atom stereocenters. The summed E-state index contributed by atoms with van der Waals surface area (Å²) in [6, 6.07) is 4.22. The molecule has 6 nitrogen and oxygen atoms in total. The fraction of sp³-hybridized carbons (Fsp3) is 0.429. The van der Waals surface area contributed by atoms with Crippen molar-refractivity contribution in [1.82, 2.24) is 10.1 Å². The van der Waals surface area contributed by atoms with Crippen LogP contribution < -0.4 is 4.90 Å². The molecule has 6 heteroatoms. The van der Waals surface area contributed by atoms with Gasteiger partial charge in [-0.3, -0.25) is 0 Å². The van der Waals surface area contributed by atoms with Gasteiger partial charge in [0, 0.05) is 13.1 Å². The van der Waals surface area contributed by atoms with Crippen LogP contribution in [-0.4, -0.2) is 33.4 Å². The van der Waals surface area contributed by atoms with Gasteiger partial charge in [0.15, 0.2) is 0 Å². The predicted octanol–water partition coefficient (Wildman–Crippen LogP) is 2.53. The van der Waals surface area contributed by atoms with Crippen LogP contribution in [0.2, 0.25) is 0 Å². The molecule has 1 aromatic carbocycles. The molecule has 0 spiro atoms. The van der Waals surface area contributed by atoms with Crippen molar-refractivity contribution in [1.29, 1.82) is 0 Å². The molecule has 1 aromatic heterocycles. The predicted molar refractivity (Wildman–Crippen MR) is 73.7 cm³/mol. The van der Waals surface area contributed by atoms with E-state index in [1.54, 1.807) is 0 Å². The van der Waals surface area contributed by atoms with Crippen LogP contribution in [0.15, 0.2) is 22.7 Å². The number of nitrogens with zero attached hydrogens (tertiary/aromatic N) is 3. The Balaban J connectivity index is 1.87. The fourth-order valence-electron chi connectivity index (χ4n) is 2.42. The average molecular weight is 275 g/mol. The van der Waals surface area contributed by atoms with Crippen molar-refractivity contribution < 1.29 is 14.7 Å². The monoisotopic (exact) mass is 275 g/mol. The van der Waals surface area contributed by atoms with Crippen LogP contribution in [0.1, 0.15) is 25.7 Å². The Bertz CT molecular complexity index is 589. The van der Waals surface area contributed by atoms with Crippen molar-refractivity contribution in [2.45, 2.75) is 25.7 Å². The molecule has 0 radical (unpaired) electrons. The van der Waals surface area contributed by atoms with Crippen molar-refractivity contribution in [2.24, 2.45) is 0 Å². The normalized spacial score (nSPS) is 16.1. The standard InChI is InChI=1S/C14H17N3O3/c18-10-5-6-12(19)11(9-10)13-15-14(16-20-13)17-7-3-1-2-4-8-17/h5-6,9,18-19H,1-4,7-8H2. The Morgan fingerprint density at radius 2 is 1.80 bits per heavy atom. The van der Waals surface area contributed by atoms with E-state index in [9.17, 15) is 10.2 Å². The Morgan fingerprint density at radius 3 is 2.55 bits per heavy atom. The Hall–Kier alpha value is -2.24. The number of aromatic hydroxyl groups is 2. The lowest BCUT2D eigenvalue weighted by molar-refractivity contribution is 0.421. The van der Waals surface area contributed by atoms with Gasteiger partial charge in [0.2, 0.25) is 0 Å². The highest BCUT2D eigenvalue weighted by atomic mass is 16.5. The first-order chi connectivity index (χ1) is 9.74. The molecule has 0 saturated carbocycles. The molecule has 1 fully saturated rings. The third-order valence-electron chi connectivity index (χ3n) is 3.51. The largest absolute Gasteiger partial charge is 0.508 e.